The minimum Gasteiger partial charge on any atom is -0.466 e. The molecule has 0 radical (unpaired) electrons. The molecule has 94 valence electrons. The van der Waals surface area contributed by atoms with Gasteiger partial charge in [0.25, 0.3) is 0 Å². The Bertz CT molecular complexity index is 396. The second-order valence-electron chi connectivity index (χ2n) is 3.48. The Morgan fingerprint density at radius 3 is 2.82 bits per heavy atom. The molecule has 2 nitrogen and oxygen atoms in total. The maximum absolute atomic E-state index is 11.2. The van der Waals surface area contributed by atoms with E-state index in [1.807, 2.05) is 12.1 Å². The number of hydrogen-bond donors (Lipinski definition) is 0. The number of rotatable bonds is 5. The second-order valence-corrected chi connectivity index (χ2v) is 5.33. The summed E-state index contributed by atoms with van der Waals surface area (Å²) in [5, 5.41) is 0.322. The highest BCUT2D eigenvalue weighted by molar-refractivity contribution is 9.10. The van der Waals surface area contributed by atoms with Crippen molar-refractivity contribution in [3.63, 3.8) is 0 Å². The van der Waals surface area contributed by atoms with Crippen LogP contribution in [0.1, 0.15) is 30.7 Å². The Morgan fingerprint density at radius 2 is 2.24 bits per heavy atom. The molecule has 17 heavy (non-hydrogen) atoms. The molecule has 0 saturated heterocycles. The monoisotopic (exact) mass is 338 g/mol. The first kappa shape index (κ1) is 14.8. The number of halogens is 3. The van der Waals surface area contributed by atoms with Gasteiger partial charge in [-0.25, -0.2) is 0 Å². The number of hydrogen-bond acceptors (Lipinski definition) is 2. The number of carbonyl (C=O) groups is 1. The van der Waals surface area contributed by atoms with E-state index in [0.29, 0.717) is 24.5 Å². The Hall–Kier alpha value is -0.250. The average molecular weight is 340 g/mol. The van der Waals surface area contributed by atoms with E-state index < -0.39 is 0 Å². The quantitative estimate of drug-likeness (QED) is 0.572. The van der Waals surface area contributed by atoms with Crippen molar-refractivity contribution < 1.29 is 9.53 Å². The number of benzene rings is 1. The van der Waals surface area contributed by atoms with E-state index in [1.54, 1.807) is 13.0 Å². The lowest BCUT2D eigenvalue weighted by atomic mass is 10.1. The summed E-state index contributed by atoms with van der Waals surface area (Å²) in [4.78, 5) is 11.2. The van der Waals surface area contributed by atoms with Crippen molar-refractivity contribution in [2.75, 3.05) is 6.61 Å². The number of carbonyl (C=O) groups excluding carboxylic acids is 1. The molecule has 0 amide bonds. The van der Waals surface area contributed by atoms with Crippen LogP contribution in [-0.2, 0) is 9.53 Å². The zero-order valence-electron chi connectivity index (χ0n) is 9.38. The molecule has 0 aromatic heterocycles. The molecule has 1 unspecified atom stereocenters. The third-order valence-corrected chi connectivity index (χ3v) is 3.48. The summed E-state index contributed by atoms with van der Waals surface area (Å²) in [6.45, 7) is 2.17. The zero-order chi connectivity index (χ0) is 12.8. The Kier molecular flexibility index (Phi) is 6.31. The van der Waals surface area contributed by atoms with E-state index in [2.05, 4.69) is 15.9 Å². The molecule has 1 aromatic rings. The molecule has 0 bridgehead atoms. The molecular weight excluding hydrogens is 327 g/mol. The lowest BCUT2D eigenvalue weighted by Gasteiger charge is -2.11. The molecule has 1 rings (SSSR count). The molecule has 1 aromatic carbocycles. The van der Waals surface area contributed by atoms with Crippen molar-refractivity contribution in [3.8, 4) is 0 Å². The molecule has 5 heteroatoms. The van der Waals surface area contributed by atoms with E-state index in [1.165, 1.54) is 0 Å². The number of alkyl halides is 1. The summed E-state index contributed by atoms with van der Waals surface area (Å²) in [6.07, 6.45) is 0.816. The third kappa shape index (κ3) is 4.86. The molecular formula is C12H13BrCl2O2. The highest BCUT2D eigenvalue weighted by Crippen LogP contribution is 2.33. The standard InChI is InChI=1S/C12H13BrCl2O2/c1-2-17-12(16)6-5-10(14)9-4-3-8(13)7-11(9)15/h3-4,7,10H,2,5-6H2,1H3. The molecule has 0 N–H and O–H groups in total. The lowest BCUT2D eigenvalue weighted by Crippen LogP contribution is -2.05. The molecule has 0 aliphatic heterocycles. The average Bonchev–Trinajstić information content (AvgIpc) is 2.26. The first-order valence-corrected chi connectivity index (χ1v) is 6.90. The van der Waals surface area contributed by atoms with Crippen molar-refractivity contribution in [1.82, 2.24) is 0 Å². The molecule has 0 saturated carbocycles. The molecule has 0 fully saturated rings. The Labute approximate surface area is 119 Å². The van der Waals surface area contributed by atoms with Crippen LogP contribution in [0.25, 0.3) is 0 Å². The number of esters is 1. The Morgan fingerprint density at radius 1 is 1.53 bits per heavy atom. The van der Waals surface area contributed by atoms with Crippen molar-refractivity contribution >= 4 is 45.1 Å². The van der Waals surface area contributed by atoms with Crippen molar-refractivity contribution in [3.05, 3.63) is 33.3 Å². The third-order valence-electron chi connectivity index (χ3n) is 2.21. The highest BCUT2D eigenvalue weighted by atomic mass is 79.9. The van der Waals surface area contributed by atoms with Crippen LogP contribution in [-0.4, -0.2) is 12.6 Å². The summed E-state index contributed by atoms with van der Waals surface area (Å²) < 4.78 is 5.74. The van der Waals surface area contributed by atoms with Gasteiger partial charge in [-0.15, -0.1) is 11.6 Å². The van der Waals surface area contributed by atoms with Crippen LogP contribution in [0.5, 0.6) is 0 Å². The largest absolute Gasteiger partial charge is 0.466 e. The summed E-state index contributed by atoms with van der Waals surface area (Å²) in [5.74, 6) is -0.230. The summed E-state index contributed by atoms with van der Waals surface area (Å²) >= 11 is 15.6. The fourth-order valence-corrected chi connectivity index (χ4v) is 2.55. The maximum atomic E-state index is 11.2. The van der Waals surface area contributed by atoms with Crippen LogP contribution in [0.2, 0.25) is 5.02 Å². The van der Waals surface area contributed by atoms with Gasteiger partial charge in [-0.3, -0.25) is 4.79 Å². The first-order chi connectivity index (χ1) is 8.04. The summed E-state index contributed by atoms with van der Waals surface area (Å²) in [5.41, 5.74) is 0.834. The van der Waals surface area contributed by atoms with Crippen LogP contribution in [0.4, 0.5) is 0 Å². The SMILES string of the molecule is CCOC(=O)CCC(Cl)c1ccc(Br)cc1Cl. The van der Waals surface area contributed by atoms with Gasteiger partial charge in [0.15, 0.2) is 0 Å². The molecule has 0 aliphatic carbocycles. The fraction of sp³-hybridized carbons (Fsp3) is 0.417. The van der Waals surface area contributed by atoms with Crippen LogP contribution in [0, 0.1) is 0 Å². The van der Waals surface area contributed by atoms with Gasteiger partial charge in [0.1, 0.15) is 0 Å². The number of ether oxygens (including phenoxy) is 1. The van der Waals surface area contributed by atoms with Crippen molar-refractivity contribution in [2.45, 2.75) is 25.1 Å². The predicted octanol–water partition coefficient (Wildman–Crippen LogP) is 4.73. The van der Waals surface area contributed by atoms with Gasteiger partial charge in [-0.05, 0) is 31.0 Å². The van der Waals surface area contributed by atoms with E-state index >= 15 is 0 Å². The first-order valence-electron chi connectivity index (χ1n) is 5.29. The highest BCUT2D eigenvalue weighted by Gasteiger charge is 2.14. The Balaban J connectivity index is 2.57. The second kappa shape index (κ2) is 7.24. The fourth-order valence-electron chi connectivity index (χ4n) is 1.39. The van der Waals surface area contributed by atoms with Gasteiger partial charge >= 0.3 is 5.97 Å². The predicted molar refractivity (Wildman–Crippen MR) is 73.6 cm³/mol. The van der Waals surface area contributed by atoms with Gasteiger partial charge in [-0.2, -0.15) is 0 Å². The van der Waals surface area contributed by atoms with Crippen LogP contribution >= 0.6 is 39.1 Å². The molecule has 0 aliphatic rings. The summed E-state index contributed by atoms with van der Waals surface area (Å²) in [6, 6.07) is 5.52. The lowest BCUT2D eigenvalue weighted by molar-refractivity contribution is -0.143. The smallest absolute Gasteiger partial charge is 0.305 e. The molecule has 0 heterocycles. The van der Waals surface area contributed by atoms with Gasteiger partial charge in [0, 0.05) is 15.9 Å². The topological polar surface area (TPSA) is 26.3 Å². The van der Waals surface area contributed by atoms with Gasteiger partial charge in [0.2, 0.25) is 0 Å². The maximum Gasteiger partial charge on any atom is 0.305 e. The van der Waals surface area contributed by atoms with Crippen LogP contribution in [0.15, 0.2) is 22.7 Å². The van der Waals surface area contributed by atoms with E-state index in [0.717, 1.165) is 10.0 Å². The van der Waals surface area contributed by atoms with E-state index in [9.17, 15) is 4.79 Å². The minimum atomic E-state index is -0.278. The van der Waals surface area contributed by atoms with Crippen LogP contribution in [0.3, 0.4) is 0 Å². The van der Waals surface area contributed by atoms with Crippen molar-refractivity contribution in [2.24, 2.45) is 0 Å². The normalized spacial score (nSPS) is 12.2. The van der Waals surface area contributed by atoms with E-state index in [4.69, 9.17) is 27.9 Å². The minimum absolute atomic E-state index is 0.230. The summed E-state index contributed by atoms with van der Waals surface area (Å²) in [7, 11) is 0. The van der Waals surface area contributed by atoms with Crippen LogP contribution < -0.4 is 0 Å². The van der Waals surface area contributed by atoms with Gasteiger partial charge in [-0.1, -0.05) is 33.6 Å². The van der Waals surface area contributed by atoms with Gasteiger partial charge < -0.3 is 4.74 Å². The van der Waals surface area contributed by atoms with E-state index in [-0.39, 0.29) is 11.3 Å². The zero-order valence-corrected chi connectivity index (χ0v) is 12.5. The van der Waals surface area contributed by atoms with Gasteiger partial charge in [0.05, 0.1) is 12.0 Å². The van der Waals surface area contributed by atoms with Crippen molar-refractivity contribution in [1.29, 1.82) is 0 Å². The molecule has 0 spiro atoms. The molecule has 1 atom stereocenters.